The van der Waals surface area contributed by atoms with E-state index in [0.717, 1.165) is 44.2 Å². The molecule has 4 aliphatic rings. The van der Waals surface area contributed by atoms with Gasteiger partial charge in [-0.25, -0.2) is 0 Å². The number of allylic oxidation sites excluding steroid dienone is 2. The van der Waals surface area contributed by atoms with E-state index in [4.69, 9.17) is 14.1 Å². The van der Waals surface area contributed by atoms with Crippen molar-refractivity contribution in [2.75, 3.05) is 20.8 Å². The van der Waals surface area contributed by atoms with Gasteiger partial charge in [0, 0.05) is 5.41 Å². The summed E-state index contributed by atoms with van der Waals surface area (Å²) in [5.41, 5.74) is 2.37. The number of hydrogen-bond acceptors (Lipinski definition) is 6. The zero-order valence-electron chi connectivity index (χ0n) is 22.6. The molecule has 0 aromatic rings. The molecule has 6 nitrogen and oxygen atoms in total. The van der Waals surface area contributed by atoms with Gasteiger partial charge in [0.15, 0.2) is 8.32 Å². The van der Waals surface area contributed by atoms with Crippen LogP contribution in [0, 0.1) is 34.5 Å². The van der Waals surface area contributed by atoms with E-state index in [9.17, 15) is 5.11 Å². The van der Waals surface area contributed by atoms with E-state index >= 15 is 0 Å². The minimum Gasteiger partial charge on any atom is -0.412 e. The molecule has 7 atom stereocenters. The number of aliphatic hydroxyl groups is 1. The van der Waals surface area contributed by atoms with Crippen molar-refractivity contribution in [3.63, 3.8) is 0 Å². The molecule has 0 saturated heterocycles. The second-order valence-electron chi connectivity index (χ2n) is 12.8. The maximum atomic E-state index is 12.3. The molecule has 3 fully saturated rings. The van der Waals surface area contributed by atoms with Crippen molar-refractivity contribution >= 4 is 19.7 Å². The molecule has 34 heavy (non-hydrogen) atoms. The van der Waals surface area contributed by atoms with E-state index in [-0.39, 0.29) is 10.8 Å². The third-order valence-corrected chi connectivity index (χ3v) is 11.0. The van der Waals surface area contributed by atoms with E-state index in [1.165, 1.54) is 6.42 Å². The molecule has 3 saturated carbocycles. The van der Waals surface area contributed by atoms with Gasteiger partial charge in [0.05, 0.1) is 12.3 Å². The average Bonchev–Trinajstić information content (AvgIpc) is 3.03. The van der Waals surface area contributed by atoms with Crippen LogP contribution in [0.3, 0.4) is 0 Å². The Kier molecular flexibility index (Phi) is 6.88. The largest absolute Gasteiger partial charge is 0.412 e. The lowest BCUT2D eigenvalue weighted by molar-refractivity contribution is -0.102. The normalized spacial score (nSPS) is 43.6. The topological polar surface area (TPSA) is 72.6 Å². The summed E-state index contributed by atoms with van der Waals surface area (Å²) in [4.78, 5) is 10.3. The van der Waals surface area contributed by atoms with Crippen molar-refractivity contribution in [3.8, 4) is 0 Å². The van der Waals surface area contributed by atoms with Gasteiger partial charge in [-0.3, -0.25) is 0 Å². The standard InChI is InChI=1S/C27H46N2O4Si/c1-18-15-20-21(25(2)12-9-19(28-31-4)16-23(18)25)10-13-26(3)22(20)11-14-27(26,30)24(29-32-5)17-33-34(6,7)8/h16,18,20-22,30H,9-15,17H2,1-8H3/b28-19+,29-24-/t18-,20+,21-,22-,25+,26-,27-/m0/s1. The molecule has 4 aliphatic carbocycles. The van der Waals surface area contributed by atoms with Crippen molar-refractivity contribution in [1.29, 1.82) is 0 Å². The third-order valence-electron chi connectivity index (χ3n) is 9.98. The second-order valence-corrected chi connectivity index (χ2v) is 17.3. The molecule has 0 unspecified atom stereocenters. The van der Waals surface area contributed by atoms with Crippen LogP contribution in [0.2, 0.25) is 19.6 Å². The minimum atomic E-state index is -1.75. The van der Waals surface area contributed by atoms with Crippen LogP contribution in [-0.2, 0) is 14.1 Å². The van der Waals surface area contributed by atoms with Gasteiger partial charge in [-0.1, -0.05) is 36.7 Å². The molecule has 0 aromatic carbocycles. The Morgan fingerprint density at radius 2 is 1.79 bits per heavy atom. The number of fused-ring (bicyclic) bond motifs is 5. The first kappa shape index (κ1) is 25.9. The van der Waals surface area contributed by atoms with E-state index in [1.54, 1.807) is 19.8 Å². The Morgan fingerprint density at radius 1 is 1.09 bits per heavy atom. The average molecular weight is 491 g/mol. The van der Waals surface area contributed by atoms with Gasteiger partial charge in [0.2, 0.25) is 0 Å². The van der Waals surface area contributed by atoms with Crippen LogP contribution in [0.4, 0.5) is 0 Å². The Morgan fingerprint density at radius 3 is 2.44 bits per heavy atom. The van der Waals surface area contributed by atoms with Crippen molar-refractivity contribution < 1.29 is 19.2 Å². The molecule has 0 radical (unpaired) electrons. The van der Waals surface area contributed by atoms with Crippen molar-refractivity contribution in [2.24, 2.45) is 44.8 Å². The Bertz CT molecular complexity index is 880. The smallest absolute Gasteiger partial charge is 0.184 e. The van der Waals surface area contributed by atoms with Gasteiger partial charge in [0.1, 0.15) is 25.5 Å². The molecule has 0 aromatic heterocycles. The highest BCUT2D eigenvalue weighted by molar-refractivity contribution is 6.69. The summed E-state index contributed by atoms with van der Waals surface area (Å²) in [5.74, 6) is 2.28. The first-order valence-corrected chi connectivity index (χ1v) is 16.6. The fraction of sp³-hybridized carbons (Fsp3) is 0.852. The summed E-state index contributed by atoms with van der Waals surface area (Å²) in [6.45, 7) is 14.1. The lowest BCUT2D eigenvalue weighted by atomic mass is 9.44. The quantitative estimate of drug-likeness (QED) is 0.291. The highest BCUT2D eigenvalue weighted by Gasteiger charge is 2.66. The molecule has 7 heteroatoms. The van der Waals surface area contributed by atoms with E-state index in [1.807, 2.05) is 0 Å². The number of rotatable bonds is 6. The summed E-state index contributed by atoms with van der Waals surface area (Å²) in [5, 5.41) is 20.9. The number of oxime groups is 2. The SMILES string of the molecule is CO/N=C(/CO[Si](C)(C)C)[C@@]1(O)CC[C@H]2[C@@H]3C[C@H](C)C4=C/C(=N/OC)CC[C@]4(C)[C@H]3CC[C@@]21C. The van der Waals surface area contributed by atoms with Crippen molar-refractivity contribution in [1.82, 2.24) is 0 Å². The monoisotopic (exact) mass is 490 g/mol. The molecule has 0 spiro atoms. The summed E-state index contributed by atoms with van der Waals surface area (Å²) in [7, 11) is 1.46. The molecule has 0 heterocycles. The van der Waals surface area contributed by atoms with E-state index < -0.39 is 13.9 Å². The fourth-order valence-electron chi connectivity index (χ4n) is 8.29. The summed E-state index contributed by atoms with van der Waals surface area (Å²) in [6.07, 6.45) is 9.59. The Hall–Kier alpha value is -1.18. The number of hydrogen-bond donors (Lipinski definition) is 1. The number of nitrogens with zero attached hydrogens (tertiary/aromatic N) is 2. The summed E-state index contributed by atoms with van der Waals surface area (Å²) >= 11 is 0. The zero-order chi connectivity index (χ0) is 24.9. The summed E-state index contributed by atoms with van der Waals surface area (Å²) < 4.78 is 6.23. The van der Waals surface area contributed by atoms with Crippen LogP contribution in [0.15, 0.2) is 22.0 Å². The van der Waals surface area contributed by atoms with Crippen molar-refractivity contribution in [3.05, 3.63) is 11.6 Å². The van der Waals surface area contributed by atoms with Crippen LogP contribution in [0.5, 0.6) is 0 Å². The van der Waals surface area contributed by atoms with E-state index in [2.05, 4.69) is 56.8 Å². The maximum Gasteiger partial charge on any atom is 0.184 e. The Balaban J connectivity index is 1.64. The second kappa shape index (κ2) is 9.04. The lowest BCUT2D eigenvalue weighted by Crippen LogP contribution is -2.59. The van der Waals surface area contributed by atoms with E-state index in [0.29, 0.717) is 36.0 Å². The predicted molar refractivity (Wildman–Crippen MR) is 139 cm³/mol. The van der Waals surface area contributed by atoms with Gasteiger partial charge >= 0.3 is 0 Å². The Labute approximate surface area is 207 Å². The first-order chi connectivity index (χ1) is 15.9. The van der Waals surface area contributed by atoms with Crippen LogP contribution < -0.4 is 0 Å². The maximum absolute atomic E-state index is 12.3. The van der Waals surface area contributed by atoms with Gasteiger partial charge < -0.3 is 19.2 Å². The molecule has 0 aliphatic heterocycles. The van der Waals surface area contributed by atoms with Gasteiger partial charge in [-0.2, -0.15) is 0 Å². The fourth-order valence-corrected chi connectivity index (χ4v) is 8.86. The molecule has 192 valence electrons. The lowest BCUT2D eigenvalue weighted by Gasteiger charge is -2.60. The highest BCUT2D eigenvalue weighted by Crippen LogP contribution is 2.68. The predicted octanol–water partition coefficient (Wildman–Crippen LogP) is 5.78. The van der Waals surface area contributed by atoms with Gasteiger partial charge in [-0.15, -0.1) is 0 Å². The van der Waals surface area contributed by atoms with Gasteiger partial charge in [0.25, 0.3) is 0 Å². The first-order valence-electron chi connectivity index (χ1n) is 13.2. The van der Waals surface area contributed by atoms with Crippen LogP contribution in [-0.4, -0.2) is 51.3 Å². The highest BCUT2D eigenvalue weighted by atomic mass is 28.4. The van der Waals surface area contributed by atoms with Crippen LogP contribution in [0.1, 0.15) is 65.7 Å². The van der Waals surface area contributed by atoms with Crippen LogP contribution >= 0.6 is 0 Å². The van der Waals surface area contributed by atoms with Gasteiger partial charge in [-0.05, 0) is 99.7 Å². The summed E-state index contributed by atoms with van der Waals surface area (Å²) in [6, 6.07) is 0. The molecule has 0 bridgehead atoms. The third kappa shape index (κ3) is 4.09. The zero-order valence-corrected chi connectivity index (χ0v) is 23.6. The molecule has 4 rings (SSSR count). The van der Waals surface area contributed by atoms with Crippen molar-refractivity contribution in [2.45, 2.75) is 91.0 Å². The van der Waals surface area contributed by atoms with Crippen LogP contribution in [0.25, 0.3) is 0 Å². The molecular weight excluding hydrogens is 444 g/mol. The molecule has 0 amide bonds. The molecular formula is C27H46N2O4Si. The molecule has 1 N–H and O–H groups in total. The minimum absolute atomic E-state index is 0.205.